The average Bonchev–Trinajstić information content (AvgIpc) is 2.81. The molecule has 0 aromatic rings. The molecule has 1 saturated heterocycles. The highest BCUT2D eigenvalue weighted by Crippen LogP contribution is 2.57. The van der Waals surface area contributed by atoms with Gasteiger partial charge < -0.3 is 14.2 Å². The molecule has 1 heterocycles. The standard InChI is InChI=1S/C19H24O6/c1-10-14-7-8-19(4)15(24-12(3)21)6-5-13(9-23-11(2)20)16(19)17(14)25-18(10)22/h5,14-17H,1,6-9H2,2-4H3. The van der Waals surface area contributed by atoms with Gasteiger partial charge in [0.25, 0.3) is 0 Å². The molecule has 1 aliphatic heterocycles. The van der Waals surface area contributed by atoms with Crippen LogP contribution in [0.3, 0.4) is 0 Å². The second kappa shape index (κ2) is 6.32. The summed E-state index contributed by atoms with van der Waals surface area (Å²) in [5.41, 5.74) is 1.06. The van der Waals surface area contributed by atoms with E-state index in [1.54, 1.807) is 0 Å². The van der Waals surface area contributed by atoms with Crippen molar-refractivity contribution in [2.24, 2.45) is 17.3 Å². The first-order valence-corrected chi connectivity index (χ1v) is 8.63. The Labute approximate surface area is 147 Å². The fraction of sp³-hybridized carbons (Fsp3) is 0.632. The summed E-state index contributed by atoms with van der Waals surface area (Å²) in [5, 5.41) is 0. The lowest BCUT2D eigenvalue weighted by Crippen LogP contribution is -2.54. The van der Waals surface area contributed by atoms with Crippen molar-refractivity contribution in [2.75, 3.05) is 6.61 Å². The number of ether oxygens (including phenoxy) is 3. The molecule has 6 nitrogen and oxygen atoms in total. The Morgan fingerprint density at radius 1 is 1.36 bits per heavy atom. The van der Waals surface area contributed by atoms with Crippen molar-refractivity contribution in [3.63, 3.8) is 0 Å². The van der Waals surface area contributed by atoms with E-state index in [0.717, 1.165) is 18.4 Å². The number of hydrogen-bond donors (Lipinski definition) is 0. The Morgan fingerprint density at radius 3 is 2.72 bits per heavy atom. The number of rotatable bonds is 3. The molecular weight excluding hydrogens is 324 g/mol. The van der Waals surface area contributed by atoms with Crippen LogP contribution < -0.4 is 0 Å². The highest BCUT2D eigenvalue weighted by atomic mass is 16.6. The van der Waals surface area contributed by atoms with Gasteiger partial charge in [0, 0.05) is 43.1 Å². The zero-order chi connectivity index (χ0) is 18.4. The topological polar surface area (TPSA) is 78.9 Å². The molecule has 0 amide bonds. The first-order chi connectivity index (χ1) is 11.7. The summed E-state index contributed by atoms with van der Waals surface area (Å²) in [6, 6.07) is 0. The molecule has 0 bridgehead atoms. The van der Waals surface area contributed by atoms with Crippen molar-refractivity contribution < 1.29 is 28.6 Å². The lowest BCUT2D eigenvalue weighted by molar-refractivity contribution is -0.168. The van der Waals surface area contributed by atoms with Crippen molar-refractivity contribution in [3.05, 3.63) is 23.8 Å². The fourth-order valence-electron chi connectivity index (χ4n) is 4.63. The molecule has 5 atom stereocenters. The molecular formula is C19H24O6. The molecule has 6 heteroatoms. The summed E-state index contributed by atoms with van der Waals surface area (Å²) >= 11 is 0. The molecule has 0 aromatic heterocycles. The van der Waals surface area contributed by atoms with E-state index in [1.165, 1.54) is 13.8 Å². The average molecular weight is 348 g/mol. The van der Waals surface area contributed by atoms with Crippen molar-refractivity contribution in [2.45, 2.75) is 52.2 Å². The van der Waals surface area contributed by atoms with Gasteiger partial charge in [-0.2, -0.15) is 0 Å². The van der Waals surface area contributed by atoms with Gasteiger partial charge in [-0.3, -0.25) is 9.59 Å². The van der Waals surface area contributed by atoms with Crippen LogP contribution in [0, 0.1) is 17.3 Å². The summed E-state index contributed by atoms with van der Waals surface area (Å²) in [4.78, 5) is 34.8. The quantitative estimate of drug-likeness (QED) is 0.337. The third kappa shape index (κ3) is 2.98. The number of hydrogen-bond acceptors (Lipinski definition) is 6. The van der Waals surface area contributed by atoms with E-state index in [9.17, 15) is 14.4 Å². The molecule has 2 fully saturated rings. The largest absolute Gasteiger partial charge is 0.462 e. The summed E-state index contributed by atoms with van der Waals surface area (Å²) in [6.45, 7) is 8.88. The second-order valence-corrected chi connectivity index (χ2v) is 7.42. The lowest BCUT2D eigenvalue weighted by Gasteiger charge is -2.52. The maximum Gasteiger partial charge on any atom is 0.334 e. The van der Waals surface area contributed by atoms with Gasteiger partial charge in [-0.15, -0.1) is 0 Å². The van der Waals surface area contributed by atoms with Gasteiger partial charge in [-0.25, -0.2) is 4.79 Å². The Balaban J connectivity index is 1.97. The summed E-state index contributed by atoms with van der Waals surface area (Å²) in [7, 11) is 0. The van der Waals surface area contributed by atoms with E-state index in [0.29, 0.717) is 12.0 Å². The molecule has 3 aliphatic rings. The molecule has 0 aromatic carbocycles. The van der Waals surface area contributed by atoms with Crippen LogP contribution in [0.25, 0.3) is 0 Å². The van der Waals surface area contributed by atoms with Crippen LogP contribution in [-0.4, -0.2) is 36.7 Å². The fourth-order valence-corrected chi connectivity index (χ4v) is 4.63. The minimum atomic E-state index is -0.373. The van der Waals surface area contributed by atoms with Gasteiger partial charge in [-0.05, 0) is 18.4 Å². The molecule has 0 radical (unpaired) electrons. The first-order valence-electron chi connectivity index (χ1n) is 8.63. The molecule has 136 valence electrons. The molecule has 0 spiro atoms. The second-order valence-electron chi connectivity index (χ2n) is 7.42. The summed E-state index contributed by atoms with van der Waals surface area (Å²) in [6.07, 6.45) is 3.43. The Bertz CT molecular complexity index is 663. The van der Waals surface area contributed by atoms with Crippen LogP contribution in [0.4, 0.5) is 0 Å². The zero-order valence-corrected chi connectivity index (χ0v) is 14.9. The van der Waals surface area contributed by atoms with Gasteiger partial charge in [-0.1, -0.05) is 19.6 Å². The van der Waals surface area contributed by atoms with Crippen LogP contribution >= 0.6 is 0 Å². The third-order valence-electron chi connectivity index (χ3n) is 5.86. The van der Waals surface area contributed by atoms with Crippen LogP contribution in [0.2, 0.25) is 0 Å². The Kier molecular flexibility index (Phi) is 4.47. The van der Waals surface area contributed by atoms with E-state index >= 15 is 0 Å². The van der Waals surface area contributed by atoms with E-state index < -0.39 is 0 Å². The van der Waals surface area contributed by atoms with Gasteiger partial charge in [0.05, 0.1) is 0 Å². The van der Waals surface area contributed by atoms with Crippen molar-refractivity contribution in [3.8, 4) is 0 Å². The van der Waals surface area contributed by atoms with Gasteiger partial charge >= 0.3 is 17.9 Å². The van der Waals surface area contributed by atoms with E-state index in [1.807, 2.05) is 6.08 Å². The van der Waals surface area contributed by atoms with Crippen LogP contribution in [0.1, 0.15) is 40.0 Å². The molecule has 2 aliphatic carbocycles. The highest BCUT2D eigenvalue weighted by Gasteiger charge is 2.59. The number of esters is 3. The smallest absolute Gasteiger partial charge is 0.334 e. The monoisotopic (exact) mass is 348 g/mol. The van der Waals surface area contributed by atoms with Crippen LogP contribution in [0.15, 0.2) is 23.8 Å². The number of carbonyl (C=O) groups excluding carboxylic acids is 3. The molecule has 25 heavy (non-hydrogen) atoms. The van der Waals surface area contributed by atoms with E-state index in [4.69, 9.17) is 14.2 Å². The summed E-state index contributed by atoms with van der Waals surface area (Å²) in [5.74, 6) is -1.24. The minimum Gasteiger partial charge on any atom is -0.462 e. The van der Waals surface area contributed by atoms with Gasteiger partial charge in [0.15, 0.2) is 0 Å². The predicted octanol–water partition coefficient (Wildman–Crippen LogP) is 2.33. The van der Waals surface area contributed by atoms with Crippen LogP contribution in [-0.2, 0) is 28.6 Å². The predicted molar refractivity (Wildman–Crippen MR) is 88.2 cm³/mol. The lowest BCUT2D eigenvalue weighted by atomic mass is 9.55. The summed E-state index contributed by atoms with van der Waals surface area (Å²) < 4.78 is 16.4. The normalized spacial score (nSPS) is 36.7. The van der Waals surface area contributed by atoms with Crippen molar-refractivity contribution in [1.82, 2.24) is 0 Å². The van der Waals surface area contributed by atoms with Crippen molar-refractivity contribution >= 4 is 17.9 Å². The van der Waals surface area contributed by atoms with Gasteiger partial charge in [0.1, 0.15) is 18.8 Å². The maximum atomic E-state index is 12.0. The molecule has 0 N–H and O–H groups in total. The minimum absolute atomic E-state index is 0.0395. The van der Waals surface area contributed by atoms with E-state index in [2.05, 4.69) is 13.5 Å². The van der Waals surface area contributed by atoms with Crippen molar-refractivity contribution in [1.29, 1.82) is 0 Å². The molecule has 3 rings (SSSR count). The maximum absolute atomic E-state index is 12.0. The van der Waals surface area contributed by atoms with Crippen LogP contribution in [0.5, 0.6) is 0 Å². The molecule has 1 saturated carbocycles. The first kappa shape index (κ1) is 17.7. The molecule has 5 unspecified atom stereocenters. The Morgan fingerprint density at radius 2 is 2.08 bits per heavy atom. The Hall–Kier alpha value is -2.11. The third-order valence-corrected chi connectivity index (χ3v) is 5.86. The number of fused-ring (bicyclic) bond motifs is 3. The SMILES string of the molecule is C=C1C(=O)OC2C1CCC1(C)C(OC(C)=O)CC=C(COC(C)=O)C21. The highest BCUT2D eigenvalue weighted by molar-refractivity contribution is 5.91. The van der Waals surface area contributed by atoms with E-state index in [-0.39, 0.29) is 54.0 Å². The number of carbonyl (C=O) groups is 3. The van der Waals surface area contributed by atoms with Gasteiger partial charge in [0.2, 0.25) is 0 Å². The zero-order valence-electron chi connectivity index (χ0n) is 14.9.